The Kier molecular flexibility index (Phi) is 1.39. The molecule has 1 atom stereocenters. The van der Waals surface area contributed by atoms with Crippen molar-refractivity contribution in [2.24, 2.45) is 5.92 Å². The van der Waals surface area contributed by atoms with Gasteiger partial charge in [0.15, 0.2) is 0 Å². The van der Waals surface area contributed by atoms with Crippen LogP contribution >= 0.6 is 0 Å². The van der Waals surface area contributed by atoms with E-state index in [2.05, 4.69) is 0 Å². The first-order valence-corrected chi connectivity index (χ1v) is 2.73. The fraction of sp³-hybridized carbons (Fsp3) is 0.500. The summed E-state index contributed by atoms with van der Waals surface area (Å²) in [6.45, 7) is 0.551. The minimum atomic E-state index is -0.192. The zero-order valence-electron chi connectivity index (χ0n) is 5.16. The van der Waals surface area contributed by atoms with E-state index in [1.165, 1.54) is 11.3 Å². The molecule has 0 N–H and O–H groups in total. The molecular weight excluding hydrogens is 116 g/mol. The smallest absolute Gasteiger partial charge is 0.227 e. The van der Waals surface area contributed by atoms with Crippen molar-refractivity contribution in [1.82, 2.24) is 4.90 Å². The average Bonchev–Trinajstić information content (AvgIpc) is 2.13. The lowest BCUT2D eigenvalue weighted by molar-refractivity contribution is -0.123. The Bertz CT molecular complexity index is 170. The van der Waals surface area contributed by atoms with Gasteiger partial charge in [0.2, 0.25) is 5.91 Å². The van der Waals surface area contributed by atoms with Gasteiger partial charge in [0.1, 0.15) is 0 Å². The molecule has 1 saturated heterocycles. The van der Waals surface area contributed by atoms with Crippen molar-refractivity contribution in [3.05, 3.63) is 6.42 Å². The van der Waals surface area contributed by atoms with Gasteiger partial charge in [-0.25, -0.2) is 0 Å². The first kappa shape index (κ1) is 6.09. The number of amides is 1. The van der Waals surface area contributed by atoms with Gasteiger partial charge < -0.3 is 4.90 Å². The van der Waals surface area contributed by atoms with E-state index in [0.29, 0.717) is 6.54 Å². The number of hydrogen-bond acceptors (Lipinski definition) is 2. The van der Waals surface area contributed by atoms with Crippen LogP contribution in [0.4, 0.5) is 0 Å². The minimum absolute atomic E-state index is 0.0402. The molecule has 3 nitrogen and oxygen atoms in total. The maximum absolute atomic E-state index is 10.7. The Morgan fingerprint density at radius 3 is 2.89 bits per heavy atom. The molecule has 1 radical (unpaired) electrons. The van der Waals surface area contributed by atoms with E-state index in [4.69, 9.17) is 5.26 Å². The second-order valence-electron chi connectivity index (χ2n) is 2.12. The van der Waals surface area contributed by atoms with E-state index < -0.39 is 0 Å². The summed E-state index contributed by atoms with van der Waals surface area (Å²) >= 11 is 0. The lowest BCUT2D eigenvalue weighted by Gasteiger charge is -2.04. The zero-order valence-corrected chi connectivity index (χ0v) is 5.16. The van der Waals surface area contributed by atoms with Crippen molar-refractivity contribution in [1.29, 1.82) is 5.26 Å². The molecule has 47 valence electrons. The second-order valence-corrected chi connectivity index (χ2v) is 2.12. The Balaban J connectivity index is 2.57. The van der Waals surface area contributed by atoms with E-state index in [-0.39, 0.29) is 11.8 Å². The van der Waals surface area contributed by atoms with Crippen LogP contribution in [0.5, 0.6) is 0 Å². The largest absolute Gasteiger partial charge is 0.344 e. The maximum atomic E-state index is 10.7. The van der Waals surface area contributed by atoms with Crippen molar-refractivity contribution < 1.29 is 4.79 Å². The molecular formula is C6H7N2O. The Morgan fingerprint density at radius 1 is 2.00 bits per heavy atom. The monoisotopic (exact) mass is 123 g/mol. The van der Waals surface area contributed by atoms with E-state index in [1.807, 2.05) is 6.07 Å². The van der Waals surface area contributed by atoms with E-state index in [9.17, 15) is 4.79 Å². The standard InChI is InChI=1S/C6H7N2O/c1-8-4-5(3-7)2-6(8)9/h2,5H,4H2,1H3. The Labute approximate surface area is 53.9 Å². The second kappa shape index (κ2) is 2.06. The van der Waals surface area contributed by atoms with Crippen molar-refractivity contribution in [3.8, 4) is 6.07 Å². The van der Waals surface area contributed by atoms with Gasteiger partial charge in [0.05, 0.1) is 18.4 Å². The highest BCUT2D eigenvalue weighted by atomic mass is 16.2. The highest BCUT2D eigenvalue weighted by Crippen LogP contribution is 2.12. The predicted molar refractivity (Wildman–Crippen MR) is 31.0 cm³/mol. The fourth-order valence-electron chi connectivity index (χ4n) is 0.815. The number of nitrogens with zero attached hydrogens (tertiary/aromatic N) is 2. The number of likely N-dealkylation sites (tertiary alicyclic amines) is 1. The molecule has 1 aliphatic heterocycles. The lowest BCUT2D eigenvalue weighted by Crippen LogP contribution is -2.18. The highest BCUT2D eigenvalue weighted by Gasteiger charge is 2.26. The molecule has 3 heteroatoms. The summed E-state index contributed by atoms with van der Waals surface area (Å²) in [6, 6.07) is 2.01. The van der Waals surface area contributed by atoms with Crippen LogP contribution in [0.25, 0.3) is 0 Å². The molecule has 0 spiro atoms. The van der Waals surface area contributed by atoms with Crippen molar-refractivity contribution >= 4 is 5.91 Å². The molecule has 1 fully saturated rings. The van der Waals surface area contributed by atoms with Gasteiger partial charge in [-0.2, -0.15) is 5.26 Å². The summed E-state index contributed by atoms with van der Waals surface area (Å²) in [5, 5.41) is 8.34. The number of carbonyl (C=O) groups is 1. The Morgan fingerprint density at radius 2 is 2.67 bits per heavy atom. The first-order valence-electron chi connectivity index (χ1n) is 2.73. The normalized spacial score (nSPS) is 26.4. The summed E-state index contributed by atoms with van der Waals surface area (Å²) in [6.07, 6.45) is 1.44. The van der Waals surface area contributed by atoms with Crippen molar-refractivity contribution in [3.63, 3.8) is 0 Å². The van der Waals surface area contributed by atoms with E-state index in [0.717, 1.165) is 0 Å². The van der Waals surface area contributed by atoms with Gasteiger partial charge in [-0.05, 0) is 0 Å². The zero-order chi connectivity index (χ0) is 6.85. The molecule has 1 aliphatic rings. The summed E-state index contributed by atoms with van der Waals surface area (Å²) in [7, 11) is 1.69. The molecule has 1 amide bonds. The van der Waals surface area contributed by atoms with Crippen LogP contribution in [0.2, 0.25) is 0 Å². The molecule has 1 unspecified atom stereocenters. The third kappa shape index (κ3) is 1.02. The molecule has 0 aliphatic carbocycles. The molecule has 0 aromatic carbocycles. The van der Waals surface area contributed by atoms with Crippen molar-refractivity contribution in [2.45, 2.75) is 0 Å². The van der Waals surface area contributed by atoms with Gasteiger partial charge in [-0.15, -0.1) is 0 Å². The number of nitriles is 1. The molecule has 0 aromatic rings. The molecule has 0 saturated carbocycles. The minimum Gasteiger partial charge on any atom is -0.344 e. The SMILES string of the molecule is CN1CC(C#N)[CH]C1=O. The van der Waals surface area contributed by atoms with Gasteiger partial charge in [0, 0.05) is 13.6 Å². The van der Waals surface area contributed by atoms with Gasteiger partial charge >= 0.3 is 0 Å². The number of hydrogen-bond donors (Lipinski definition) is 0. The highest BCUT2D eigenvalue weighted by molar-refractivity contribution is 5.87. The molecule has 1 heterocycles. The maximum Gasteiger partial charge on any atom is 0.227 e. The van der Waals surface area contributed by atoms with Crippen molar-refractivity contribution in [2.75, 3.05) is 13.6 Å². The number of carbonyl (C=O) groups excluding carboxylic acids is 1. The third-order valence-corrected chi connectivity index (χ3v) is 1.36. The van der Waals surface area contributed by atoms with E-state index in [1.54, 1.807) is 7.05 Å². The fourth-order valence-corrected chi connectivity index (χ4v) is 0.815. The van der Waals surface area contributed by atoms with Crippen LogP contribution in [0.15, 0.2) is 0 Å². The third-order valence-electron chi connectivity index (χ3n) is 1.36. The molecule has 0 aromatic heterocycles. The van der Waals surface area contributed by atoms with Crippen LogP contribution in [-0.4, -0.2) is 24.4 Å². The van der Waals surface area contributed by atoms with Gasteiger partial charge in [-0.3, -0.25) is 4.79 Å². The van der Waals surface area contributed by atoms with Crippen LogP contribution in [0.1, 0.15) is 0 Å². The van der Waals surface area contributed by atoms with Crippen LogP contribution in [-0.2, 0) is 4.79 Å². The van der Waals surface area contributed by atoms with E-state index >= 15 is 0 Å². The van der Waals surface area contributed by atoms with Gasteiger partial charge in [-0.1, -0.05) is 0 Å². The van der Waals surface area contributed by atoms with Gasteiger partial charge in [0.25, 0.3) is 0 Å². The summed E-state index contributed by atoms with van der Waals surface area (Å²) in [5.74, 6) is -0.232. The average molecular weight is 123 g/mol. The first-order chi connectivity index (χ1) is 4.24. The summed E-state index contributed by atoms with van der Waals surface area (Å²) in [5.41, 5.74) is 0. The Hall–Kier alpha value is -1.04. The topological polar surface area (TPSA) is 44.1 Å². The number of rotatable bonds is 0. The molecule has 0 bridgehead atoms. The summed E-state index contributed by atoms with van der Waals surface area (Å²) < 4.78 is 0. The van der Waals surface area contributed by atoms with Crippen LogP contribution in [0.3, 0.4) is 0 Å². The van der Waals surface area contributed by atoms with Crippen LogP contribution < -0.4 is 0 Å². The molecule has 9 heavy (non-hydrogen) atoms. The molecule has 1 rings (SSSR count). The predicted octanol–water partition coefficient (Wildman–Crippen LogP) is -0.198. The lowest BCUT2D eigenvalue weighted by atomic mass is 10.1. The van der Waals surface area contributed by atoms with Crippen LogP contribution in [0, 0.1) is 23.7 Å². The summed E-state index contributed by atoms with van der Waals surface area (Å²) in [4.78, 5) is 12.2. The quantitative estimate of drug-likeness (QED) is 0.448.